The molecule has 0 spiro atoms. The molecule has 4 rings (SSSR count). The molecule has 2 bridgehead atoms. The van der Waals surface area contributed by atoms with Crippen LogP contribution in [0.25, 0.3) is 5.65 Å². The number of nitrogens with zero attached hydrogens (tertiary/aromatic N) is 6. The number of hydrogen-bond donors (Lipinski definition) is 1. The molecule has 0 aliphatic carbocycles. The van der Waals surface area contributed by atoms with Gasteiger partial charge in [-0.15, -0.1) is 14.8 Å². The molecule has 0 saturated carbocycles. The van der Waals surface area contributed by atoms with Gasteiger partial charge in [0.15, 0.2) is 11.5 Å². The van der Waals surface area contributed by atoms with Crippen molar-refractivity contribution in [2.24, 2.45) is 0 Å². The van der Waals surface area contributed by atoms with E-state index in [1.165, 1.54) is 30.3 Å². The van der Waals surface area contributed by atoms with E-state index in [0.717, 1.165) is 12.4 Å². The summed E-state index contributed by atoms with van der Waals surface area (Å²) in [7, 11) is 0. The summed E-state index contributed by atoms with van der Waals surface area (Å²) >= 11 is 0. The highest BCUT2D eigenvalue weighted by atomic mass is 15.6. The molecule has 2 aromatic rings. The van der Waals surface area contributed by atoms with Crippen molar-refractivity contribution in [3.63, 3.8) is 0 Å². The minimum atomic E-state index is 0.570. The summed E-state index contributed by atoms with van der Waals surface area (Å²) in [6, 6.07) is 5.90. The molecule has 2 aliphatic heterocycles. The quantitative estimate of drug-likeness (QED) is 0.884. The predicted octanol–water partition coefficient (Wildman–Crippen LogP) is 0.629. The van der Waals surface area contributed by atoms with E-state index in [1.807, 2.05) is 12.1 Å². The Hall–Kier alpha value is -1.76. The minimum Gasteiger partial charge on any atom is -0.352 e. The molecule has 2 atom stereocenters. The second kappa shape index (κ2) is 4.66. The van der Waals surface area contributed by atoms with E-state index in [9.17, 15) is 0 Å². The van der Waals surface area contributed by atoms with Gasteiger partial charge in [-0.2, -0.15) is 0 Å². The molecule has 7 nitrogen and oxygen atoms in total. The van der Waals surface area contributed by atoms with Crippen molar-refractivity contribution in [1.29, 1.82) is 0 Å². The standard InChI is InChI=1S/C13H19N7/c1-2-19(11-7-9-3-4-10(8-11)14-9)13-6-5-12-15-17-18-20(12)16-13/h5-6,9-11,14H,2-4,7-8H2,1H3. The van der Waals surface area contributed by atoms with E-state index in [1.54, 1.807) is 0 Å². The highest BCUT2D eigenvalue weighted by Gasteiger charge is 2.36. The van der Waals surface area contributed by atoms with Gasteiger partial charge in [0.25, 0.3) is 0 Å². The van der Waals surface area contributed by atoms with Crippen LogP contribution < -0.4 is 10.2 Å². The van der Waals surface area contributed by atoms with Crippen molar-refractivity contribution in [3.05, 3.63) is 12.1 Å². The zero-order chi connectivity index (χ0) is 13.5. The van der Waals surface area contributed by atoms with Gasteiger partial charge in [-0.3, -0.25) is 0 Å². The molecular weight excluding hydrogens is 254 g/mol. The third kappa shape index (κ3) is 1.93. The van der Waals surface area contributed by atoms with Crippen LogP contribution in [0.4, 0.5) is 5.82 Å². The number of tetrazole rings is 1. The molecule has 106 valence electrons. The van der Waals surface area contributed by atoms with Crippen LogP contribution in [0, 0.1) is 0 Å². The molecule has 2 aliphatic rings. The fraction of sp³-hybridized carbons (Fsp3) is 0.692. The van der Waals surface area contributed by atoms with Crippen LogP contribution >= 0.6 is 0 Å². The average molecular weight is 273 g/mol. The van der Waals surface area contributed by atoms with Gasteiger partial charge in [0, 0.05) is 24.7 Å². The Bertz CT molecular complexity index is 598. The van der Waals surface area contributed by atoms with Crippen LogP contribution in [0.5, 0.6) is 0 Å². The summed E-state index contributed by atoms with van der Waals surface area (Å²) in [5.41, 5.74) is 0.690. The summed E-state index contributed by atoms with van der Waals surface area (Å²) in [4.78, 5) is 2.40. The average Bonchev–Trinajstić information content (AvgIpc) is 3.05. The van der Waals surface area contributed by atoms with Gasteiger partial charge in [-0.25, -0.2) is 0 Å². The molecule has 0 amide bonds. The molecule has 2 saturated heterocycles. The van der Waals surface area contributed by atoms with E-state index in [2.05, 4.69) is 37.8 Å². The SMILES string of the molecule is CCN(c1ccc2nnnn2n1)C1CC2CCC(C1)N2. The first-order valence-corrected chi connectivity index (χ1v) is 7.41. The molecule has 1 N–H and O–H groups in total. The van der Waals surface area contributed by atoms with Gasteiger partial charge in [-0.1, -0.05) is 0 Å². The first-order chi connectivity index (χ1) is 9.83. The molecular formula is C13H19N7. The first-order valence-electron chi connectivity index (χ1n) is 7.41. The molecule has 4 heterocycles. The highest BCUT2D eigenvalue weighted by Crippen LogP contribution is 2.31. The lowest BCUT2D eigenvalue weighted by Crippen LogP contribution is -2.48. The normalized spacial score (nSPS) is 28.9. The molecule has 20 heavy (non-hydrogen) atoms. The Balaban J connectivity index is 1.63. The molecule has 7 heteroatoms. The second-order valence-electron chi connectivity index (χ2n) is 5.77. The molecule has 0 aromatic carbocycles. The maximum Gasteiger partial charge on any atom is 0.200 e. The van der Waals surface area contributed by atoms with Gasteiger partial charge in [0.1, 0.15) is 0 Å². The molecule has 2 unspecified atom stereocenters. The second-order valence-corrected chi connectivity index (χ2v) is 5.77. The van der Waals surface area contributed by atoms with Gasteiger partial charge in [0.2, 0.25) is 0 Å². The van der Waals surface area contributed by atoms with Crippen molar-refractivity contribution in [1.82, 2.24) is 30.6 Å². The number of anilines is 1. The maximum atomic E-state index is 4.54. The first kappa shape index (κ1) is 12.0. The van der Waals surface area contributed by atoms with Crippen molar-refractivity contribution in [2.75, 3.05) is 11.4 Å². The number of hydrogen-bond acceptors (Lipinski definition) is 6. The van der Waals surface area contributed by atoms with Crippen LogP contribution in [-0.2, 0) is 0 Å². The van der Waals surface area contributed by atoms with Crippen molar-refractivity contribution in [3.8, 4) is 0 Å². The zero-order valence-corrected chi connectivity index (χ0v) is 11.6. The summed E-state index contributed by atoms with van der Waals surface area (Å²) in [6.07, 6.45) is 5.05. The third-order valence-corrected chi connectivity index (χ3v) is 4.58. The van der Waals surface area contributed by atoms with Crippen molar-refractivity contribution >= 4 is 11.5 Å². The van der Waals surface area contributed by atoms with Gasteiger partial charge in [0.05, 0.1) is 0 Å². The van der Waals surface area contributed by atoms with E-state index in [0.29, 0.717) is 23.8 Å². The zero-order valence-electron chi connectivity index (χ0n) is 11.6. The van der Waals surface area contributed by atoms with Gasteiger partial charge >= 0.3 is 0 Å². The number of fused-ring (bicyclic) bond motifs is 3. The summed E-state index contributed by atoms with van der Waals surface area (Å²) < 4.78 is 1.51. The monoisotopic (exact) mass is 273 g/mol. The number of aromatic nitrogens is 5. The summed E-state index contributed by atoms with van der Waals surface area (Å²) in [5.74, 6) is 0.971. The number of nitrogens with one attached hydrogen (secondary N) is 1. The maximum absolute atomic E-state index is 4.54. The van der Waals surface area contributed by atoms with Crippen LogP contribution in [0.1, 0.15) is 32.6 Å². The molecule has 2 aromatic heterocycles. The number of piperidine rings is 1. The molecule has 2 fully saturated rings. The topological polar surface area (TPSA) is 71.2 Å². The van der Waals surface area contributed by atoms with Gasteiger partial charge < -0.3 is 10.2 Å². The Morgan fingerprint density at radius 3 is 2.85 bits per heavy atom. The number of rotatable bonds is 3. The highest BCUT2D eigenvalue weighted by molar-refractivity contribution is 5.45. The van der Waals surface area contributed by atoms with Crippen LogP contribution in [0.2, 0.25) is 0 Å². The summed E-state index contributed by atoms with van der Waals surface area (Å²) in [6.45, 7) is 3.15. The Morgan fingerprint density at radius 2 is 2.10 bits per heavy atom. The van der Waals surface area contributed by atoms with Gasteiger partial charge in [-0.05, 0) is 55.2 Å². The lowest BCUT2D eigenvalue weighted by Gasteiger charge is -2.37. The van der Waals surface area contributed by atoms with Crippen molar-refractivity contribution in [2.45, 2.75) is 50.7 Å². The Kier molecular flexibility index (Phi) is 2.80. The predicted molar refractivity (Wildman–Crippen MR) is 74.6 cm³/mol. The van der Waals surface area contributed by atoms with Crippen LogP contribution in [0.15, 0.2) is 12.1 Å². The largest absolute Gasteiger partial charge is 0.352 e. The van der Waals surface area contributed by atoms with Crippen LogP contribution in [-0.4, -0.2) is 49.9 Å². The smallest absolute Gasteiger partial charge is 0.200 e. The Labute approximate surface area is 117 Å². The van der Waals surface area contributed by atoms with E-state index < -0.39 is 0 Å². The summed E-state index contributed by atoms with van der Waals surface area (Å²) in [5, 5.41) is 19.7. The molecule has 0 radical (unpaired) electrons. The fourth-order valence-corrected chi connectivity index (χ4v) is 3.68. The lowest BCUT2D eigenvalue weighted by molar-refractivity contribution is 0.347. The van der Waals surface area contributed by atoms with Crippen molar-refractivity contribution < 1.29 is 0 Å². The van der Waals surface area contributed by atoms with E-state index >= 15 is 0 Å². The fourth-order valence-electron chi connectivity index (χ4n) is 3.68. The van der Waals surface area contributed by atoms with E-state index in [-0.39, 0.29) is 0 Å². The lowest BCUT2D eigenvalue weighted by atomic mass is 9.98. The van der Waals surface area contributed by atoms with Crippen LogP contribution in [0.3, 0.4) is 0 Å². The Morgan fingerprint density at radius 1 is 1.30 bits per heavy atom. The third-order valence-electron chi connectivity index (χ3n) is 4.58. The minimum absolute atomic E-state index is 0.570. The van der Waals surface area contributed by atoms with E-state index in [4.69, 9.17) is 0 Å².